The van der Waals surface area contributed by atoms with Crippen LogP contribution in [0.15, 0.2) is 0 Å². The quantitative estimate of drug-likeness (QED) is 0.570. The fourth-order valence-electron chi connectivity index (χ4n) is 0.453. The first-order valence-corrected chi connectivity index (χ1v) is 4.20. The number of hydroxylamine groups is 1. The van der Waals surface area contributed by atoms with E-state index in [0.29, 0.717) is 0 Å². The summed E-state index contributed by atoms with van der Waals surface area (Å²) in [5, 5.41) is 0. The third kappa shape index (κ3) is 2.77. The lowest BCUT2D eigenvalue weighted by molar-refractivity contribution is -0.0220. The fourth-order valence-corrected chi connectivity index (χ4v) is 1.36. The number of hydrogen-bond donors (Lipinski definition) is 0. The normalized spacial score (nSPS) is 15.8. The van der Waals surface area contributed by atoms with Gasteiger partial charge in [-0.05, 0) is 20.8 Å². The maximum absolute atomic E-state index is 11.3. The molecule has 0 radical (unpaired) electrons. The second-order valence-electron chi connectivity index (χ2n) is 2.98. The Morgan fingerprint density at radius 3 is 1.90 bits per heavy atom. The van der Waals surface area contributed by atoms with Crippen LogP contribution in [0.25, 0.3) is 0 Å². The lowest BCUT2D eigenvalue weighted by atomic mass is 10.3. The highest BCUT2D eigenvalue weighted by Crippen LogP contribution is 2.13. The molecule has 0 rings (SSSR count). The Hall–Kier alpha value is 0.0700. The zero-order valence-corrected chi connectivity index (χ0v) is 7.99. The monoisotopic (exact) mass is 165 g/mol. The van der Waals surface area contributed by atoms with Gasteiger partial charge in [-0.15, -0.1) is 4.47 Å². The van der Waals surface area contributed by atoms with Gasteiger partial charge in [0.1, 0.15) is 11.0 Å². The third-order valence-electron chi connectivity index (χ3n) is 1.01. The van der Waals surface area contributed by atoms with E-state index in [-0.39, 0.29) is 4.75 Å². The summed E-state index contributed by atoms with van der Waals surface area (Å²) in [6, 6.07) is 0. The minimum Gasteiger partial charge on any atom is -0.290 e. The summed E-state index contributed by atoms with van der Waals surface area (Å²) in [7, 11) is 2.09. The van der Waals surface area contributed by atoms with Crippen LogP contribution in [-0.4, -0.2) is 27.6 Å². The van der Waals surface area contributed by atoms with Crippen molar-refractivity contribution in [3.05, 3.63) is 0 Å². The van der Waals surface area contributed by atoms with Crippen LogP contribution in [0.5, 0.6) is 0 Å². The number of nitrogens with zero attached hydrogens (tertiary/aromatic N) is 1. The molecule has 0 aliphatic heterocycles. The van der Waals surface area contributed by atoms with Crippen molar-refractivity contribution in [2.45, 2.75) is 25.5 Å². The Bertz CT molecular complexity index is 130. The van der Waals surface area contributed by atoms with E-state index in [2.05, 4.69) is 0 Å². The molecule has 0 saturated carbocycles. The molecular formula is C6H15NO2S. The summed E-state index contributed by atoms with van der Waals surface area (Å²) in [6.45, 7) is 5.70. The third-order valence-corrected chi connectivity index (χ3v) is 2.68. The highest BCUT2D eigenvalue weighted by molar-refractivity contribution is 7.83. The van der Waals surface area contributed by atoms with Crippen LogP contribution in [0.3, 0.4) is 0 Å². The Balaban J connectivity index is 4.09. The second kappa shape index (κ2) is 3.46. The van der Waals surface area contributed by atoms with Crippen LogP contribution in [0.1, 0.15) is 20.8 Å². The molecule has 0 amide bonds. The molecule has 0 N–H and O–H groups in total. The molecule has 3 nitrogen and oxygen atoms in total. The van der Waals surface area contributed by atoms with Crippen LogP contribution in [-0.2, 0) is 15.8 Å². The molecule has 62 valence electrons. The van der Waals surface area contributed by atoms with Crippen LogP contribution in [0, 0.1) is 0 Å². The topological polar surface area (TPSA) is 29.5 Å². The zero-order valence-electron chi connectivity index (χ0n) is 7.17. The van der Waals surface area contributed by atoms with Crippen molar-refractivity contribution in [2.24, 2.45) is 0 Å². The van der Waals surface area contributed by atoms with E-state index >= 15 is 0 Å². The molecule has 0 fully saturated rings. The standard InChI is InChI=1S/C6H15NO2S/c1-6(2,3)10(8)7(4)9-5/h1-5H3. The summed E-state index contributed by atoms with van der Waals surface area (Å²) in [5.74, 6) is 0. The Kier molecular flexibility index (Phi) is 3.48. The van der Waals surface area contributed by atoms with Crippen molar-refractivity contribution in [1.82, 2.24) is 4.47 Å². The van der Waals surface area contributed by atoms with Crippen molar-refractivity contribution in [1.29, 1.82) is 0 Å². The maximum Gasteiger partial charge on any atom is 0.123 e. The first-order chi connectivity index (χ1) is 4.39. The van der Waals surface area contributed by atoms with Gasteiger partial charge in [-0.2, -0.15) is 0 Å². The van der Waals surface area contributed by atoms with Gasteiger partial charge in [0.15, 0.2) is 0 Å². The average Bonchev–Trinajstić information content (AvgIpc) is 1.83. The first kappa shape index (κ1) is 10.1. The minimum absolute atomic E-state index is 0.245. The molecule has 1 atom stereocenters. The van der Waals surface area contributed by atoms with Crippen LogP contribution in [0.4, 0.5) is 0 Å². The summed E-state index contributed by atoms with van der Waals surface area (Å²) in [4.78, 5) is 4.77. The van der Waals surface area contributed by atoms with Gasteiger partial charge in [-0.1, -0.05) is 0 Å². The van der Waals surface area contributed by atoms with Crippen LogP contribution < -0.4 is 0 Å². The molecule has 10 heavy (non-hydrogen) atoms. The van der Waals surface area contributed by atoms with E-state index in [0.717, 1.165) is 0 Å². The highest BCUT2D eigenvalue weighted by Gasteiger charge is 2.23. The second-order valence-corrected chi connectivity index (χ2v) is 5.22. The summed E-state index contributed by atoms with van der Waals surface area (Å²) in [5.41, 5.74) is 0. The van der Waals surface area contributed by atoms with Gasteiger partial charge in [-0.25, -0.2) is 4.21 Å². The van der Waals surface area contributed by atoms with Crippen molar-refractivity contribution in [3.63, 3.8) is 0 Å². The van der Waals surface area contributed by atoms with Crippen LogP contribution in [0.2, 0.25) is 0 Å². The van der Waals surface area contributed by atoms with Gasteiger partial charge in [-0.3, -0.25) is 4.84 Å². The van der Waals surface area contributed by atoms with Gasteiger partial charge in [0.2, 0.25) is 0 Å². The van der Waals surface area contributed by atoms with Gasteiger partial charge in [0.25, 0.3) is 0 Å². The molecule has 0 aliphatic carbocycles. The van der Waals surface area contributed by atoms with Gasteiger partial charge in [0, 0.05) is 7.05 Å². The van der Waals surface area contributed by atoms with E-state index in [4.69, 9.17) is 4.84 Å². The predicted molar refractivity (Wildman–Crippen MR) is 42.7 cm³/mol. The zero-order chi connectivity index (χ0) is 8.36. The van der Waals surface area contributed by atoms with E-state index in [1.54, 1.807) is 7.05 Å². The molecule has 0 aliphatic rings. The molecule has 0 aromatic carbocycles. The molecule has 0 heterocycles. The lowest BCUT2D eigenvalue weighted by Crippen LogP contribution is -2.34. The Morgan fingerprint density at radius 1 is 1.40 bits per heavy atom. The molecular weight excluding hydrogens is 150 g/mol. The minimum atomic E-state index is -1.07. The molecule has 0 aromatic heterocycles. The molecule has 0 bridgehead atoms. The highest BCUT2D eigenvalue weighted by atomic mass is 32.2. The number of rotatable bonds is 2. The smallest absolute Gasteiger partial charge is 0.123 e. The summed E-state index contributed by atoms with van der Waals surface area (Å²) >= 11 is 0. The fraction of sp³-hybridized carbons (Fsp3) is 1.00. The summed E-state index contributed by atoms with van der Waals surface area (Å²) in [6.07, 6.45) is 0. The largest absolute Gasteiger partial charge is 0.290 e. The predicted octanol–water partition coefficient (Wildman–Crippen LogP) is 0.942. The van der Waals surface area contributed by atoms with Gasteiger partial charge < -0.3 is 0 Å². The van der Waals surface area contributed by atoms with Crippen molar-refractivity contribution in [3.8, 4) is 0 Å². The molecule has 0 saturated heterocycles. The number of hydrogen-bond acceptors (Lipinski definition) is 2. The van der Waals surface area contributed by atoms with Crippen LogP contribution >= 0.6 is 0 Å². The SMILES string of the molecule is CON(C)S(=O)C(C)(C)C. The van der Waals surface area contributed by atoms with Crippen molar-refractivity contribution in [2.75, 3.05) is 14.2 Å². The maximum atomic E-state index is 11.3. The molecule has 1 unspecified atom stereocenters. The van der Waals surface area contributed by atoms with Crippen molar-refractivity contribution >= 4 is 11.0 Å². The molecule has 0 aromatic rings. The van der Waals surface area contributed by atoms with Gasteiger partial charge in [0.05, 0.1) is 11.9 Å². The van der Waals surface area contributed by atoms with E-state index in [1.165, 1.54) is 11.6 Å². The Morgan fingerprint density at radius 2 is 1.80 bits per heavy atom. The Labute approximate surface area is 64.9 Å². The molecule has 0 spiro atoms. The van der Waals surface area contributed by atoms with Gasteiger partial charge >= 0.3 is 0 Å². The average molecular weight is 165 g/mol. The van der Waals surface area contributed by atoms with E-state index in [1.807, 2.05) is 20.8 Å². The van der Waals surface area contributed by atoms with Crippen molar-refractivity contribution < 1.29 is 9.05 Å². The summed E-state index contributed by atoms with van der Waals surface area (Å²) < 4.78 is 12.4. The van der Waals surface area contributed by atoms with E-state index < -0.39 is 11.0 Å². The van der Waals surface area contributed by atoms with E-state index in [9.17, 15) is 4.21 Å². The lowest BCUT2D eigenvalue weighted by Gasteiger charge is -2.23. The molecule has 4 heteroatoms. The first-order valence-electron chi connectivity index (χ1n) is 3.09.